The molecule has 0 bridgehead atoms. The fourth-order valence-corrected chi connectivity index (χ4v) is 4.01. The number of likely N-dealkylation sites (tertiary alicyclic amines) is 1. The average molecular weight is 241 g/mol. The van der Waals surface area contributed by atoms with Gasteiger partial charge in [0.15, 0.2) is 0 Å². The van der Waals surface area contributed by atoms with Gasteiger partial charge in [0.1, 0.15) is 0 Å². The second kappa shape index (κ2) is 6.30. The molecule has 0 aromatic heterocycles. The highest BCUT2D eigenvalue weighted by molar-refractivity contribution is 7.80. The van der Waals surface area contributed by atoms with E-state index in [1.165, 1.54) is 58.0 Å². The van der Waals surface area contributed by atoms with Crippen molar-refractivity contribution in [3.63, 3.8) is 0 Å². The Labute approximate surface area is 106 Å². The normalized spacial score (nSPS) is 32.6. The van der Waals surface area contributed by atoms with Crippen molar-refractivity contribution < 1.29 is 0 Å². The summed E-state index contributed by atoms with van der Waals surface area (Å²) in [5, 5.41) is 0. The largest absolute Gasteiger partial charge is 0.300 e. The molecule has 0 N–H and O–H groups in total. The first-order valence-electron chi connectivity index (χ1n) is 7.20. The molecule has 3 atom stereocenters. The van der Waals surface area contributed by atoms with Crippen molar-refractivity contribution >= 4 is 12.6 Å². The van der Waals surface area contributed by atoms with E-state index in [2.05, 4.69) is 24.5 Å². The van der Waals surface area contributed by atoms with Gasteiger partial charge in [-0.25, -0.2) is 0 Å². The molecule has 0 radical (unpaired) electrons. The summed E-state index contributed by atoms with van der Waals surface area (Å²) in [6.07, 6.45) is 10.1. The van der Waals surface area contributed by atoms with Crippen LogP contribution in [0.4, 0.5) is 0 Å². The monoisotopic (exact) mass is 241 g/mol. The number of nitrogens with zero attached hydrogens (tertiary/aromatic N) is 1. The minimum absolute atomic E-state index is 0.828. The Balaban J connectivity index is 1.84. The van der Waals surface area contributed by atoms with Crippen LogP contribution >= 0.6 is 12.6 Å². The van der Waals surface area contributed by atoms with Crippen molar-refractivity contribution in [1.82, 2.24) is 4.90 Å². The number of rotatable bonds is 5. The fourth-order valence-electron chi connectivity index (χ4n) is 3.71. The van der Waals surface area contributed by atoms with E-state index in [4.69, 9.17) is 0 Å². The molecule has 0 aromatic carbocycles. The second-order valence-electron chi connectivity index (χ2n) is 5.73. The SMILES string of the molecule is CCCC(CS)CN1CCC2CCCCC21. The lowest BCUT2D eigenvalue weighted by Gasteiger charge is -2.33. The van der Waals surface area contributed by atoms with Crippen molar-refractivity contribution in [2.75, 3.05) is 18.8 Å². The van der Waals surface area contributed by atoms with E-state index in [-0.39, 0.29) is 0 Å². The van der Waals surface area contributed by atoms with Gasteiger partial charge in [-0.15, -0.1) is 0 Å². The summed E-state index contributed by atoms with van der Waals surface area (Å²) in [6, 6.07) is 0.938. The topological polar surface area (TPSA) is 3.24 Å². The second-order valence-corrected chi connectivity index (χ2v) is 6.10. The molecule has 1 heterocycles. The molecule has 94 valence electrons. The maximum atomic E-state index is 4.51. The smallest absolute Gasteiger partial charge is 0.0124 e. The molecule has 1 saturated heterocycles. The first-order valence-corrected chi connectivity index (χ1v) is 7.83. The van der Waals surface area contributed by atoms with E-state index >= 15 is 0 Å². The molecule has 2 rings (SSSR count). The standard InChI is InChI=1S/C14H27NS/c1-2-5-12(11-16)10-15-9-8-13-6-3-4-7-14(13)15/h12-14,16H,2-11H2,1H3. The van der Waals surface area contributed by atoms with E-state index in [0.717, 1.165) is 23.6 Å². The maximum Gasteiger partial charge on any atom is 0.0124 e. The Morgan fingerprint density at radius 2 is 2.06 bits per heavy atom. The van der Waals surface area contributed by atoms with Crippen molar-refractivity contribution in [3.05, 3.63) is 0 Å². The van der Waals surface area contributed by atoms with Crippen LogP contribution in [-0.4, -0.2) is 29.8 Å². The Hall–Kier alpha value is 0.310. The third-order valence-electron chi connectivity index (χ3n) is 4.57. The van der Waals surface area contributed by atoms with Gasteiger partial charge in [0.2, 0.25) is 0 Å². The highest BCUT2D eigenvalue weighted by Gasteiger charge is 2.35. The first kappa shape index (κ1) is 12.8. The molecular weight excluding hydrogens is 214 g/mol. The van der Waals surface area contributed by atoms with Crippen molar-refractivity contribution in [2.45, 2.75) is 57.9 Å². The van der Waals surface area contributed by atoms with Gasteiger partial charge in [-0.3, -0.25) is 4.90 Å². The molecular formula is C14H27NS. The third kappa shape index (κ3) is 2.95. The molecule has 2 fully saturated rings. The Kier molecular flexibility index (Phi) is 5.02. The summed E-state index contributed by atoms with van der Waals surface area (Å²) >= 11 is 4.51. The molecule has 1 saturated carbocycles. The highest BCUT2D eigenvalue weighted by Crippen LogP contribution is 2.36. The minimum Gasteiger partial charge on any atom is -0.300 e. The molecule has 0 spiro atoms. The summed E-state index contributed by atoms with van der Waals surface area (Å²) in [4.78, 5) is 2.79. The summed E-state index contributed by atoms with van der Waals surface area (Å²) in [5.74, 6) is 2.94. The molecule has 1 aliphatic heterocycles. The van der Waals surface area contributed by atoms with Crippen LogP contribution < -0.4 is 0 Å². The van der Waals surface area contributed by atoms with Gasteiger partial charge < -0.3 is 0 Å². The number of hydrogen-bond acceptors (Lipinski definition) is 2. The Morgan fingerprint density at radius 3 is 2.81 bits per heavy atom. The van der Waals surface area contributed by atoms with Crippen molar-refractivity contribution in [3.8, 4) is 0 Å². The van der Waals surface area contributed by atoms with Gasteiger partial charge in [-0.1, -0.05) is 26.2 Å². The quantitative estimate of drug-likeness (QED) is 0.720. The van der Waals surface area contributed by atoms with Gasteiger partial charge in [0.05, 0.1) is 0 Å². The van der Waals surface area contributed by atoms with Crippen molar-refractivity contribution in [2.24, 2.45) is 11.8 Å². The Morgan fingerprint density at radius 1 is 1.25 bits per heavy atom. The zero-order chi connectivity index (χ0) is 11.4. The molecule has 2 aliphatic rings. The lowest BCUT2D eigenvalue weighted by Crippen LogP contribution is -2.38. The van der Waals surface area contributed by atoms with Crippen LogP contribution in [0.5, 0.6) is 0 Å². The first-order chi connectivity index (χ1) is 7.85. The van der Waals surface area contributed by atoms with E-state index in [1.807, 2.05) is 0 Å². The summed E-state index contributed by atoms with van der Waals surface area (Å²) in [5.41, 5.74) is 0. The lowest BCUT2D eigenvalue weighted by molar-refractivity contribution is 0.162. The fraction of sp³-hybridized carbons (Fsp3) is 1.00. The van der Waals surface area contributed by atoms with E-state index < -0.39 is 0 Å². The van der Waals surface area contributed by atoms with Crippen LogP contribution in [0, 0.1) is 11.8 Å². The van der Waals surface area contributed by atoms with Crippen LogP contribution in [-0.2, 0) is 0 Å². The minimum atomic E-state index is 0.828. The maximum absolute atomic E-state index is 4.51. The molecule has 0 aromatic rings. The van der Waals surface area contributed by atoms with Gasteiger partial charge in [-0.05, 0) is 49.8 Å². The van der Waals surface area contributed by atoms with Crippen LogP contribution in [0.25, 0.3) is 0 Å². The van der Waals surface area contributed by atoms with Gasteiger partial charge in [0.25, 0.3) is 0 Å². The summed E-state index contributed by atoms with van der Waals surface area (Å²) in [6.45, 7) is 4.98. The van der Waals surface area contributed by atoms with Gasteiger partial charge in [-0.2, -0.15) is 12.6 Å². The predicted octanol–water partition coefficient (Wildman–Crippen LogP) is 3.60. The molecule has 1 aliphatic carbocycles. The van der Waals surface area contributed by atoms with E-state index in [9.17, 15) is 0 Å². The molecule has 2 heteroatoms. The van der Waals surface area contributed by atoms with Crippen LogP contribution in [0.2, 0.25) is 0 Å². The zero-order valence-electron chi connectivity index (χ0n) is 10.7. The number of hydrogen-bond donors (Lipinski definition) is 1. The number of fused-ring (bicyclic) bond motifs is 1. The van der Waals surface area contributed by atoms with Crippen LogP contribution in [0.15, 0.2) is 0 Å². The van der Waals surface area contributed by atoms with Gasteiger partial charge >= 0.3 is 0 Å². The lowest BCUT2D eigenvalue weighted by atomic mass is 9.85. The Bertz CT molecular complexity index is 207. The predicted molar refractivity (Wildman–Crippen MR) is 74.2 cm³/mol. The number of thiol groups is 1. The molecule has 1 nitrogen and oxygen atoms in total. The van der Waals surface area contributed by atoms with Crippen LogP contribution in [0.3, 0.4) is 0 Å². The van der Waals surface area contributed by atoms with Gasteiger partial charge in [0, 0.05) is 12.6 Å². The molecule has 3 unspecified atom stereocenters. The van der Waals surface area contributed by atoms with Crippen LogP contribution in [0.1, 0.15) is 51.9 Å². The van der Waals surface area contributed by atoms with Crippen molar-refractivity contribution in [1.29, 1.82) is 0 Å². The molecule has 16 heavy (non-hydrogen) atoms. The summed E-state index contributed by atoms with van der Waals surface area (Å²) in [7, 11) is 0. The highest BCUT2D eigenvalue weighted by atomic mass is 32.1. The third-order valence-corrected chi connectivity index (χ3v) is 5.09. The average Bonchev–Trinajstić information content (AvgIpc) is 2.72. The zero-order valence-corrected chi connectivity index (χ0v) is 11.6. The molecule has 0 amide bonds. The van der Waals surface area contributed by atoms with E-state index in [0.29, 0.717) is 0 Å². The summed E-state index contributed by atoms with van der Waals surface area (Å²) < 4.78 is 0. The van der Waals surface area contributed by atoms with E-state index in [1.54, 1.807) is 0 Å².